The Morgan fingerprint density at radius 2 is 2.11 bits per heavy atom. The van der Waals surface area contributed by atoms with Gasteiger partial charge in [0.15, 0.2) is 0 Å². The van der Waals surface area contributed by atoms with Crippen LogP contribution in [0.1, 0.15) is 19.4 Å². The summed E-state index contributed by atoms with van der Waals surface area (Å²) in [4.78, 5) is 29.5. The fraction of sp³-hybridized carbons (Fsp3) is 0.316. The molecule has 0 aliphatic heterocycles. The highest BCUT2D eigenvalue weighted by Crippen LogP contribution is 2.16. The molecule has 2 N–H and O–H groups in total. The molecule has 142 valence electrons. The molecule has 0 aliphatic rings. The van der Waals surface area contributed by atoms with Gasteiger partial charge >= 0.3 is 6.03 Å². The Labute approximate surface area is 161 Å². The Balaban J connectivity index is 1.55. The lowest BCUT2D eigenvalue weighted by molar-refractivity contribution is 0.0660. The molecule has 1 aromatic carbocycles. The van der Waals surface area contributed by atoms with E-state index in [-0.39, 0.29) is 17.7 Å². The van der Waals surface area contributed by atoms with E-state index in [2.05, 4.69) is 15.6 Å². The molecule has 0 fully saturated rings. The number of carbonyl (C=O) groups excluding carboxylic acids is 1. The fourth-order valence-corrected chi connectivity index (χ4v) is 3.26. The molecule has 2 aromatic heterocycles. The van der Waals surface area contributed by atoms with E-state index in [0.717, 1.165) is 10.4 Å². The number of benzene rings is 1. The van der Waals surface area contributed by atoms with Crippen molar-refractivity contribution in [2.45, 2.75) is 33.1 Å². The number of hydrogen-bond donors (Lipinski definition) is 2. The van der Waals surface area contributed by atoms with Crippen LogP contribution in [0.3, 0.4) is 0 Å². The van der Waals surface area contributed by atoms with Crippen LogP contribution in [0.5, 0.6) is 0 Å². The zero-order chi connectivity index (χ0) is 19.2. The van der Waals surface area contributed by atoms with Gasteiger partial charge in [-0.15, -0.1) is 11.3 Å². The lowest BCUT2D eigenvalue weighted by atomic mass is 10.2. The molecule has 27 heavy (non-hydrogen) atoms. The van der Waals surface area contributed by atoms with Crippen molar-refractivity contribution in [1.82, 2.24) is 14.9 Å². The minimum atomic E-state index is -0.329. The molecule has 2 amide bonds. The van der Waals surface area contributed by atoms with Crippen molar-refractivity contribution in [2.24, 2.45) is 0 Å². The maximum atomic E-state index is 12.3. The van der Waals surface area contributed by atoms with E-state index in [4.69, 9.17) is 4.74 Å². The largest absolute Gasteiger partial charge is 0.374 e. The first kappa shape index (κ1) is 19.1. The summed E-state index contributed by atoms with van der Waals surface area (Å²) in [5.74, 6) is 0. The minimum Gasteiger partial charge on any atom is -0.374 e. The van der Waals surface area contributed by atoms with Crippen molar-refractivity contribution < 1.29 is 9.53 Å². The molecule has 7 nitrogen and oxygen atoms in total. The van der Waals surface area contributed by atoms with E-state index in [9.17, 15) is 9.59 Å². The van der Waals surface area contributed by atoms with Gasteiger partial charge in [0.1, 0.15) is 4.83 Å². The minimum absolute atomic E-state index is 0.0976. The molecule has 0 atom stereocenters. The smallest absolute Gasteiger partial charge is 0.319 e. The molecular formula is C19H22N4O3S. The van der Waals surface area contributed by atoms with Gasteiger partial charge in [-0.25, -0.2) is 9.78 Å². The number of fused-ring (bicyclic) bond motifs is 1. The summed E-state index contributed by atoms with van der Waals surface area (Å²) < 4.78 is 7.11. The van der Waals surface area contributed by atoms with Crippen molar-refractivity contribution in [2.75, 3.05) is 11.9 Å². The third-order valence-electron chi connectivity index (χ3n) is 3.93. The van der Waals surface area contributed by atoms with Crippen molar-refractivity contribution in [3.63, 3.8) is 0 Å². The quantitative estimate of drug-likeness (QED) is 0.653. The van der Waals surface area contributed by atoms with Gasteiger partial charge in [0.05, 0.1) is 24.4 Å². The number of anilines is 1. The van der Waals surface area contributed by atoms with E-state index in [0.29, 0.717) is 30.8 Å². The lowest BCUT2D eigenvalue weighted by Crippen LogP contribution is -2.34. The Hall–Kier alpha value is -2.71. The topological polar surface area (TPSA) is 85.2 Å². The average Bonchev–Trinajstić information content (AvgIpc) is 3.12. The zero-order valence-corrected chi connectivity index (χ0v) is 16.1. The molecule has 3 aromatic rings. The van der Waals surface area contributed by atoms with E-state index in [1.54, 1.807) is 6.07 Å². The fourth-order valence-electron chi connectivity index (χ4n) is 2.53. The number of rotatable bonds is 7. The Kier molecular flexibility index (Phi) is 6.20. The third-order valence-corrected chi connectivity index (χ3v) is 4.75. The van der Waals surface area contributed by atoms with Gasteiger partial charge in [0.25, 0.3) is 5.56 Å². The summed E-state index contributed by atoms with van der Waals surface area (Å²) in [6, 6.07) is 8.95. The number of hydrogen-bond acceptors (Lipinski definition) is 5. The number of urea groups is 1. The lowest BCUT2D eigenvalue weighted by Gasteiger charge is -2.14. The maximum Gasteiger partial charge on any atom is 0.319 e. The van der Waals surface area contributed by atoms with E-state index >= 15 is 0 Å². The van der Waals surface area contributed by atoms with Crippen LogP contribution in [-0.2, 0) is 17.9 Å². The zero-order valence-electron chi connectivity index (χ0n) is 15.3. The van der Waals surface area contributed by atoms with Gasteiger partial charge < -0.3 is 15.4 Å². The number of thiophene rings is 1. The molecule has 3 rings (SSSR count). The molecule has 0 saturated heterocycles. The van der Waals surface area contributed by atoms with Gasteiger partial charge in [0.2, 0.25) is 0 Å². The number of aromatic nitrogens is 2. The molecule has 0 aliphatic carbocycles. The molecular weight excluding hydrogens is 364 g/mol. The van der Waals surface area contributed by atoms with Gasteiger partial charge in [-0.3, -0.25) is 9.36 Å². The van der Waals surface area contributed by atoms with E-state index in [1.165, 1.54) is 22.2 Å². The molecule has 0 unspecified atom stereocenters. The maximum absolute atomic E-state index is 12.3. The number of carbonyl (C=O) groups is 1. The van der Waals surface area contributed by atoms with Crippen LogP contribution in [-0.4, -0.2) is 28.2 Å². The standard InChI is InChI=1S/C19H22N4O3S/c1-13(2)26-11-14-5-3-4-6-16(14)22-19(25)20-8-9-23-12-21-17-15(18(23)24)7-10-27-17/h3-7,10,12-13H,8-9,11H2,1-2H3,(H2,20,22,25). The number of para-hydroxylation sites is 1. The number of nitrogens with one attached hydrogen (secondary N) is 2. The molecule has 2 heterocycles. The summed E-state index contributed by atoms with van der Waals surface area (Å²) in [6.07, 6.45) is 1.62. The molecule has 8 heteroatoms. The van der Waals surface area contributed by atoms with Crippen molar-refractivity contribution >= 4 is 33.3 Å². The number of ether oxygens (including phenoxy) is 1. The monoisotopic (exact) mass is 386 g/mol. The van der Waals surface area contributed by atoms with Crippen LogP contribution in [0.4, 0.5) is 10.5 Å². The highest BCUT2D eigenvalue weighted by molar-refractivity contribution is 7.16. The van der Waals surface area contributed by atoms with Crippen molar-refractivity contribution in [1.29, 1.82) is 0 Å². The van der Waals surface area contributed by atoms with Gasteiger partial charge in [-0.1, -0.05) is 18.2 Å². The van der Waals surface area contributed by atoms with Crippen LogP contribution in [0, 0.1) is 0 Å². The van der Waals surface area contributed by atoms with Crippen molar-refractivity contribution in [3.05, 3.63) is 58.0 Å². The number of nitrogens with zero attached hydrogens (tertiary/aromatic N) is 2. The highest BCUT2D eigenvalue weighted by Gasteiger charge is 2.08. The van der Waals surface area contributed by atoms with Gasteiger partial charge in [-0.2, -0.15) is 0 Å². The first-order valence-corrected chi connectivity index (χ1v) is 9.59. The second-order valence-corrected chi connectivity index (χ2v) is 7.17. The molecule has 0 spiro atoms. The summed E-state index contributed by atoms with van der Waals surface area (Å²) in [6.45, 7) is 5.02. The predicted octanol–water partition coefficient (Wildman–Crippen LogP) is 3.20. The average molecular weight is 386 g/mol. The summed E-state index contributed by atoms with van der Waals surface area (Å²) >= 11 is 1.43. The van der Waals surface area contributed by atoms with Crippen LogP contribution in [0.25, 0.3) is 10.2 Å². The van der Waals surface area contributed by atoms with Crippen LogP contribution in [0.15, 0.2) is 46.8 Å². The van der Waals surface area contributed by atoms with Crippen molar-refractivity contribution in [3.8, 4) is 0 Å². The predicted molar refractivity (Wildman–Crippen MR) is 107 cm³/mol. The third kappa shape index (κ3) is 4.93. The second kappa shape index (κ2) is 8.79. The number of amides is 2. The Morgan fingerprint density at radius 1 is 1.30 bits per heavy atom. The summed E-state index contributed by atoms with van der Waals surface area (Å²) in [5.41, 5.74) is 1.51. The van der Waals surface area contributed by atoms with Crippen LogP contribution < -0.4 is 16.2 Å². The normalized spacial score (nSPS) is 11.1. The van der Waals surface area contributed by atoms with Crippen LogP contribution >= 0.6 is 11.3 Å². The first-order valence-electron chi connectivity index (χ1n) is 8.71. The first-order chi connectivity index (χ1) is 13.0. The van der Waals surface area contributed by atoms with E-state index < -0.39 is 0 Å². The van der Waals surface area contributed by atoms with Gasteiger partial charge in [0, 0.05) is 24.3 Å². The van der Waals surface area contributed by atoms with Crippen LogP contribution in [0.2, 0.25) is 0 Å². The Bertz CT molecular complexity index is 980. The Morgan fingerprint density at radius 3 is 2.93 bits per heavy atom. The van der Waals surface area contributed by atoms with Gasteiger partial charge in [-0.05, 0) is 31.4 Å². The summed E-state index contributed by atoms with van der Waals surface area (Å²) in [5, 5.41) is 8.04. The molecule has 0 bridgehead atoms. The molecule has 0 radical (unpaired) electrons. The summed E-state index contributed by atoms with van der Waals surface area (Å²) in [7, 11) is 0. The molecule has 0 saturated carbocycles. The van der Waals surface area contributed by atoms with E-state index in [1.807, 2.05) is 43.5 Å². The second-order valence-electron chi connectivity index (χ2n) is 6.28. The highest BCUT2D eigenvalue weighted by atomic mass is 32.1. The SMILES string of the molecule is CC(C)OCc1ccccc1NC(=O)NCCn1cnc2sccc2c1=O.